The summed E-state index contributed by atoms with van der Waals surface area (Å²) in [5.74, 6) is 3.58. The molecular weight excluding hydrogens is 484 g/mol. The van der Waals surface area contributed by atoms with E-state index in [0.29, 0.717) is 46.3 Å². The summed E-state index contributed by atoms with van der Waals surface area (Å²) < 4.78 is 17.1. The molecule has 1 aliphatic heterocycles. The Labute approximate surface area is 207 Å². The second-order valence-electron chi connectivity index (χ2n) is 12.2. The summed E-state index contributed by atoms with van der Waals surface area (Å²) in [5.41, 5.74) is 0.618. The first kappa shape index (κ1) is 24.1. The largest absolute Gasteiger partial charge is 0.469 e. The second-order valence-corrected chi connectivity index (χ2v) is 13.2. The maximum Gasteiger partial charge on any atom is 0.305 e. The van der Waals surface area contributed by atoms with Crippen molar-refractivity contribution < 1.29 is 23.8 Å². The highest BCUT2D eigenvalue weighted by molar-refractivity contribution is 9.09. The average Bonchev–Trinajstić information content (AvgIpc) is 3.30. The minimum absolute atomic E-state index is 0.0569. The van der Waals surface area contributed by atoms with Gasteiger partial charge in [-0.3, -0.25) is 9.59 Å². The van der Waals surface area contributed by atoms with Crippen LogP contribution in [0.1, 0.15) is 78.6 Å². The molecule has 0 amide bonds. The van der Waals surface area contributed by atoms with Gasteiger partial charge < -0.3 is 14.2 Å². The molecule has 5 nitrogen and oxygen atoms in total. The van der Waals surface area contributed by atoms with E-state index in [0.717, 1.165) is 38.2 Å². The van der Waals surface area contributed by atoms with E-state index in [4.69, 9.17) is 14.2 Å². The zero-order chi connectivity index (χ0) is 23.5. The Kier molecular flexibility index (Phi) is 6.42. The summed E-state index contributed by atoms with van der Waals surface area (Å²) in [4.78, 5) is 23.7. The maximum atomic E-state index is 11.7. The number of carbonyl (C=O) groups excluding carboxylic acids is 2. The van der Waals surface area contributed by atoms with E-state index < -0.39 is 0 Å². The van der Waals surface area contributed by atoms with E-state index in [1.54, 1.807) is 0 Å². The first-order valence-corrected chi connectivity index (χ1v) is 14.1. The highest BCUT2D eigenvalue weighted by Gasteiger charge is 2.69. The van der Waals surface area contributed by atoms with Gasteiger partial charge >= 0.3 is 11.9 Å². The predicted molar refractivity (Wildman–Crippen MR) is 129 cm³/mol. The van der Waals surface area contributed by atoms with Crippen LogP contribution in [0.2, 0.25) is 0 Å². The van der Waals surface area contributed by atoms with Crippen LogP contribution in [0.5, 0.6) is 0 Å². The molecule has 33 heavy (non-hydrogen) atoms. The van der Waals surface area contributed by atoms with Crippen LogP contribution in [0, 0.1) is 46.3 Å². The van der Waals surface area contributed by atoms with Gasteiger partial charge in [0.15, 0.2) is 0 Å². The van der Waals surface area contributed by atoms with Crippen LogP contribution in [0.4, 0.5) is 0 Å². The Hall–Kier alpha value is -0.620. The fraction of sp³-hybridized carbons (Fsp3) is 0.926. The molecule has 0 spiro atoms. The minimum Gasteiger partial charge on any atom is -0.469 e. The van der Waals surface area contributed by atoms with Crippen molar-refractivity contribution in [3.05, 3.63) is 0 Å². The molecule has 0 aromatic carbocycles. The number of carbonyl (C=O) groups is 2. The van der Waals surface area contributed by atoms with Crippen molar-refractivity contribution in [1.82, 2.24) is 0 Å². The van der Waals surface area contributed by atoms with Crippen LogP contribution in [0.3, 0.4) is 0 Å². The number of hydrogen-bond acceptors (Lipinski definition) is 5. The fourth-order valence-electron chi connectivity index (χ4n) is 9.63. The predicted octanol–water partition coefficient (Wildman–Crippen LogP) is 5.53. The molecule has 186 valence electrons. The van der Waals surface area contributed by atoms with E-state index in [1.165, 1.54) is 39.7 Å². The first-order valence-electron chi connectivity index (χ1n) is 13.2. The van der Waals surface area contributed by atoms with Crippen LogP contribution < -0.4 is 0 Å². The van der Waals surface area contributed by atoms with E-state index >= 15 is 0 Å². The quantitative estimate of drug-likeness (QED) is 0.349. The van der Waals surface area contributed by atoms with E-state index in [9.17, 15) is 9.59 Å². The van der Waals surface area contributed by atoms with Gasteiger partial charge in [-0.05, 0) is 92.3 Å². The van der Waals surface area contributed by atoms with Crippen molar-refractivity contribution in [2.75, 3.05) is 13.7 Å². The summed E-state index contributed by atoms with van der Waals surface area (Å²) in [7, 11) is 1.49. The maximum absolute atomic E-state index is 11.7. The number of hydrogen-bond donors (Lipinski definition) is 0. The molecule has 0 N–H and O–H groups in total. The Morgan fingerprint density at radius 2 is 1.91 bits per heavy atom. The lowest BCUT2D eigenvalue weighted by molar-refractivity contribution is -0.157. The normalized spacial score (nSPS) is 48.9. The molecule has 0 aromatic rings. The lowest BCUT2D eigenvalue weighted by Gasteiger charge is -2.61. The molecule has 5 rings (SSSR count). The lowest BCUT2D eigenvalue weighted by Crippen LogP contribution is -2.60. The molecule has 6 heteroatoms. The number of esters is 2. The van der Waals surface area contributed by atoms with Crippen molar-refractivity contribution in [3.63, 3.8) is 0 Å². The average molecular weight is 526 g/mol. The molecule has 0 radical (unpaired) electrons. The number of halogens is 1. The molecule has 0 unspecified atom stereocenters. The molecule has 1 heterocycles. The molecule has 5 aliphatic rings. The zero-order valence-corrected chi connectivity index (χ0v) is 22.3. The van der Waals surface area contributed by atoms with Crippen molar-refractivity contribution >= 4 is 27.9 Å². The number of ether oxygens (including phenoxy) is 3. The number of alkyl halides is 1. The van der Waals surface area contributed by atoms with Gasteiger partial charge in [-0.15, -0.1) is 0 Å². The first-order chi connectivity index (χ1) is 15.7. The standard InChI is InChI=1S/C27H41BrO5/c1-15(5-8-22(30)31-4)18-6-7-19-23-20(10-11-26(18,19)3)27-12-9-17(33-16(2)29)13-21(27)25(24(23)28)32-14-27/h15,17-21,23-25H,5-14H2,1-4H3/t15-,17-,18-,19+,20+,21+,23+,24+,25-,26-,27+/m1/s1. The van der Waals surface area contributed by atoms with Gasteiger partial charge in [0.25, 0.3) is 0 Å². The van der Waals surface area contributed by atoms with E-state index in [2.05, 4.69) is 29.8 Å². The van der Waals surface area contributed by atoms with Crippen molar-refractivity contribution in [3.8, 4) is 0 Å². The van der Waals surface area contributed by atoms with Crippen molar-refractivity contribution in [2.45, 2.75) is 95.6 Å². The topological polar surface area (TPSA) is 61.8 Å². The molecule has 11 atom stereocenters. The molecular formula is C27H41BrO5. The summed E-state index contributed by atoms with van der Waals surface area (Å²) in [6, 6.07) is 0. The number of methoxy groups -OCH3 is 1. The molecule has 4 aliphatic carbocycles. The molecule has 4 saturated carbocycles. The van der Waals surface area contributed by atoms with Gasteiger partial charge in [0.05, 0.1) is 19.8 Å². The van der Waals surface area contributed by atoms with Crippen molar-refractivity contribution in [1.29, 1.82) is 0 Å². The molecule has 5 fully saturated rings. The highest BCUT2D eigenvalue weighted by atomic mass is 79.9. The summed E-state index contributed by atoms with van der Waals surface area (Å²) >= 11 is 4.20. The molecule has 2 bridgehead atoms. The Balaban J connectivity index is 1.36. The summed E-state index contributed by atoms with van der Waals surface area (Å²) in [6.07, 6.45) is 10.00. The monoisotopic (exact) mass is 524 g/mol. The Bertz CT molecular complexity index is 786. The van der Waals surface area contributed by atoms with Gasteiger partial charge in [0.1, 0.15) is 6.10 Å². The van der Waals surface area contributed by atoms with Crippen LogP contribution in [0.15, 0.2) is 0 Å². The Morgan fingerprint density at radius 1 is 1.12 bits per heavy atom. The van der Waals surface area contributed by atoms with Crippen LogP contribution in [-0.4, -0.2) is 42.7 Å². The highest BCUT2D eigenvalue weighted by Crippen LogP contribution is 2.71. The molecule has 0 aromatic heterocycles. The summed E-state index contributed by atoms with van der Waals surface area (Å²) in [6.45, 7) is 7.34. The zero-order valence-electron chi connectivity index (χ0n) is 20.7. The lowest BCUT2D eigenvalue weighted by atomic mass is 9.44. The van der Waals surface area contributed by atoms with Crippen molar-refractivity contribution in [2.24, 2.45) is 46.3 Å². The third-order valence-electron chi connectivity index (χ3n) is 11.0. The van der Waals surface area contributed by atoms with Gasteiger partial charge in [-0.2, -0.15) is 0 Å². The third-order valence-corrected chi connectivity index (χ3v) is 12.1. The van der Waals surface area contributed by atoms with E-state index in [-0.39, 0.29) is 29.6 Å². The summed E-state index contributed by atoms with van der Waals surface area (Å²) in [5, 5.41) is 0. The third kappa shape index (κ3) is 3.72. The SMILES string of the molecule is COC(=O)CC[C@@H](C)[C@H]1CC[C@H]2[C@@H]3[C@H](Br)[C@@H]4OC[C@@]5(CC[C@@H](OC(C)=O)C[C@@H]45)[C@H]3CC[C@]12C. The van der Waals surface area contributed by atoms with Gasteiger partial charge in [-0.1, -0.05) is 29.8 Å². The number of rotatable bonds is 5. The fourth-order valence-corrected chi connectivity index (χ4v) is 10.9. The van der Waals surface area contributed by atoms with E-state index in [1.807, 2.05) is 0 Å². The molecule has 1 saturated heterocycles. The van der Waals surface area contributed by atoms with Crippen LogP contribution in [-0.2, 0) is 23.8 Å². The van der Waals surface area contributed by atoms with Crippen LogP contribution in [0.25, 0.3) is 0 Å². The minimum atomic E-state index is -0.153. The smallest absolute Gasteiger partial charge is 0.305 e. The van der Waals surface area contributed by atoms with Gasteiger partial charge in [0, 0.05) is 23.6 Å². The number of fused-ring (bicyclic) bond motifs is 3. The Morgan fingerprint density at radius 3 is 2.64 bits per heavy atom. The van der Waals surface area contributed by atoms with Crippen LogP contribution >= 0.6 is 15.9 Å². The van der Waals surface area contributed by atoms with Gasteiger partial charge in [0.2, 0.25) is 0 Å². The second kappa shape index (κ2) is 8.80. The van der Waals surface area contributed by atoms with Gasteiger partial charge in [-0.25, -0.2) is 0 Å².